The number of nitro benzene ring substituents is 1. The Balaban J connectivity index is 2.01. The molecule has 0 aliphatic carbocycles. The Hall–Kier alpha value is -2.64. The van der Waals surface area contributed by atoms with Gasteiger partial charge in [-0.05, 0) is 45.2 Å². The van der Waals surface area contributed by atoms with Crippen molar-refractivity contribution in [2.75, 3.05) is 13.1 Å². The molecular formula is C18H24N2O6. The van der Waals surface area contributed by atoms with Crippen molar-refractivity contribution < 1.29 is 24.0 Å². The fraction of sp³-hybridized carbons (Fsp3) is 0.556. The highest BCUT2D eigenvalue weighted by Gasteiger charge is 2.33. The van der Waals surface area contributed by atoms with Crippen molar-refractivity contribution in [3.63, 3.8) is 0 Å². The van der Waals surface area contributed by atoms with Crippen LogP contribution in [0, 0.1) is 16.0 Å². The summed E-state index contributed by atoms with van der Waals surface area (Å²) in [6, 6.07) is 5.24. The predicted molar refractivity (Wildman–Crippen MR) is 93.9 cm³/mol. The molecule has 1 aromatic rings. The Labute approximate surface area is 152 Å². The van der Waals surface area contributed by atoms with Crippen LogP contribution in [0.3, 0.4) is 0 Å². The van der Waals surface area contributed by atoms with Crippen LogP contribution in [-0.2, 0) is 9.47 Å². The number of esters is 1. The quantitative estimate of drug-likeness (QED) is 0.463. The lowest BCUT2D eigenvalue weighted by molar-refractivity contribution is -0.384. The normalized spacial score (nSPS) is 20.4. The molecule has 142 valence electrons. The number of piperidine rings is 1. The Morgan fingerprint density at radius 3 is 2.38 bits per heavy atom. The van der Waals surface area contributed by atoms with E-state index in [9.17, 15) is 19.7 Å². The molecular weight excluding hydrogens is 340 g/mol. The largest absolute Gasteiger partial charge is 0.457 e. The average molecular weight is 364 g/mol. The molecule has 8 nitrogen and oxygen atoms in total. The molecule has 2 atom stereocenters. The summed E-state index contributed by atoms with van der Waals surface area (Å²) in [5.41, 5.74) is -0.452. The zero-order chi connectivity index (χ0) is 19.5. The Bertz CT molecular complexity index is 680. The number of benzene rings is 1. The highest BCUT2D eigenvalue weighted by molar-refractivity contribution is 5.89. The third kappa shape index (κ3) is 5.18. The number of nitro groups is 1. The van der Waals surface area contributed by atoms with Gasteiger partial charge in [0.05, 0.1) is 17.0 Å². The van der Waals surface area contributed by atoms with Crippen LogP contribution in [-0.4, -0.2) is 46.7 Å². The lowest BCUT2D eigenvalue weighted by Gasteiger charge is -2.37. The van der Waals surface area contributed by atoms with Crippen molar-refractivity contribution in [2.45, 2.75) is 45.8 Å². The second-order valence-corrected chi connectivity index (χ2v) is 7.44. The smallest absolute Gasteiger partial charge is 0.410 e. The van der Waals surface area contributed by atoms with Crippen molar-refractivity contribution >= 4 is 17.7 Å². The van der Waals surface area contributed by atoms with E-state index in [1.165, 1.54) is 24.3 Å². The van der Waals surface area contributed by atoms with Gasteiger partial charge in [-0.2, -0.15) is 0 Å². The Kier molecular flexibility index (Phi) is 5.84. The van der Waals surface area contributed by atoms with E-state index in [-0.39, 0.29) is 23.7 Å². The fourth-order valence-electron chi connectivity index (χ4n) is 2.60. The molecule has 0 radical (unpaired) electrons. The number of likely N-dealkylation sites (tertiary alicyclic amines) is 1. The van der Waals surface area contributed by atoms with Crippen LogP contribution in [0.5, 0.6) is 0 Å². The summed E-state index contributed by atoms with van der Waals surface area (Å²) in [7, 11) is 0. The van der Waals surface area contributed by atoms with Gasteiger partial charge in [0.25, 0.3) is 5.69 Å². The van der Waals surface area contributed by atoms with Gasteiger partial charge in [0, 0.05) is 18.7 Å². The lowest BCUT2D eigenvalue weighted by Crippen LogP contribution is -2.49. The van der Waals surface area contributed by atoms with Crippen molar-refractivity contribution in [1.29, 1.82) is 0 Å². The third-order valence-corrected chi connectivity index (χ3v) is 4.11. The molecule has 1 aliphatic rings. The first kappa shape index (κ1) is 19.7. The topological polar surface area (TPSA) is 99.0 Å². The summed E-state index contributed by atoms with van der Waals surface area (Å²) in [5, 5.41) is 10.7. The number of non-ortho nitro benzene ring substituents is 1. The van der Waals surface area contributed by atoms with E-state index in [0.717, 1.165) is 0 Å². The number of rotatable bonds is 3. The van der Waals surface area contributed by atoms with Gasteiger partial charge in [0.15, 0.2) is 0 Å². The zero-order valence-electron chi connectivity index (χ0n) is 15.4. The van der Waals surface area contributed by atoms with E-state index in [1.54, 1.807) is 25.7 Å². The summed E-state index contributed by atoms with van der Waals surface area (Å²) in [6.45, 7) is 8.15. The highest BCUT2D eigenvalue weighted by Crippen LogP contribution is 2.23. The van der Waals surface area contributed by atoms with Crippen molar-refractivity contribution in [1.82, 2.24) is 4.90 Å². The Morgan fingerprint density at radius 2 is 1.85 bits per heavy atom. The first-order valence-corrected chi connectivity index (χ1v) is 8.50. The van der Waals surface area contributed by atoms with Gasteiger partial charge in [-0.3, -0.25) is 10.1 Å². The first-order chi connectivity index (χ1) is 12.1. The van der Waals surface area contributed by atoms with Gasteiger partial charge in [-0.25, -0.2) is 9.59 Å². The maximum absolute atomic E-state index is 12.3. The minimum atomic E-state index is -0.592. The summed E-state index contributed by atoms with van der Waals surface area (Å²) in [6.07, 6.45) is -0.197. The molecule has 2 rings (SSSR count). The van der Waals surface area contributed by atoms with Crippen LogP contribution in [0.15, 0.2) is 24.3 Å². The van der Waals surface area contributed by atoms with Crippen LogP contribution in [0.2, 0.25) is 0 Å². The monoisotopic (exact) mass is 364 g/mol. The van der Waals surface area contributed by atoms with Crippen LogP contribution < -0.4 is 0 Å². The summed E-state index contributed by atoms with van der Waals surface area (Å²) < 4.78 is 10.9. The third-order valence-electron chi connectivity index (χ3n) is 4.11. The Morgan fingerprint density at radius 1 is 1.23 bits per heavy atom. The van der Waals surface area contributed by atoms with Gasteiger partial charge in [-0.15, -0.1) is 0 Å². The number of carbonyl (C=O) groups is 2. The molecule has 8 heteroatoms. The molecule has 1 saturated heterocycles. The van der Waals surface area contributed by atoms with Gasteiger partial charge >= 0.3 is 12.1 Å². The fourth-order valence-corrected chi connectivity index (χ4v) is 2.60. The van der Waals surface area contributed by atoms with Crippen LogP contribution in [0.1, 0.15) is 44.5 Å². The number of ether oxygens (including phenoxy) is 2. The highest BCUT2D eigenvalue weighted by atomic mass is 16.6. The summed E-state index contributed by atoms with van der Waals surface area (Å²) >= 11 is 0. The summed E-state index contributed by atoms with van der Waals surface area (Å²) in [4.78, 5) is 36.2. The van der Waals surface area contributed by atoms with Crippen LogP contribution in [0.25, 0.3) is 0 Å². The molecule has 1 amide bonds. The molecule has 0 spiro atoms. The van der Waals surface area contributed by atoms with Crippen molar-refractivity contribution in [3.8, 4) is 0 Å². The molecule has 0 bridgehead atoms. The van der Waals surface area contributed by atoms with Gasteiger partial charge < -0.3 is 14.4 Å². The molecule has 1 fully saturated rings. The van der Waals surface area contributed by atoms with E-state index in [1.807, 2.05) is 6.92 Å². The van der Waals surface area contributed by atoms with Crippen molar-refractivity contribution in [2.24, 2.45) is 5.92 Å². The standard InChI is InChI=1S/C18H24N2O6/c1-12-9-10-19(17(22)26-18(2,3)4)11-15(12)25-16(21)13-5-7-14(8-6-13)20(23)24/h5-8,12,15H,9-11H2,1-4H3/t12-,15+/m1/s1. The molecule has 1 aromatic carbocycles. The molecule has 1 aliphatic heterocycles. The van der Waals surface area contributed by atoms with Crippen LogP contribution >= 0.6 is 0 Å². The maximum atomic E-state index is 12.3. The van der Waals surface area contributed by atoms with Gasteiger partial charge in [-0.1, -0.05) is 6.92 Å². The molecule has 1 heterocycles. The molecule has 0 N–H and O–H groups in total. The number of nitrogens with zero attached hydrogens (tertiary/aromatic N) is 2. The number of carbonyl (C=O) groups excluding carboxylic acids is 2. The van der Waals surface area contributed by atoms with E-state index < -0.39 is 28.7 Å². The number of hydrogen-bond donors (Lipinski definition) is 0. The van der Waals surface area contributed by atoms with Gasteiger partial charge in [0.1, 0.15) is 11.7 Å². The molecule has 0 aromatic heterocycles. The molecule has 26 heavy (non-hydrogen) atoms. The number of hydrogen-bond acceptors (Lipinski definition) is 6. The van der Waals surface area contributed by atoms with Crippen molar-refractivity contribution in [3.05, 3.63) is 39.9 Å². The average Bonchev–Trinajstić information content (AvgIpc) is 2.55. The van der Waals surface area contributed by atoms with E-state index >= 15 is 0 Å². The SMILES string of the molecule is C[C@@H]1CCN(C(=O)OC(C)(C)C)C[C@@H]1OC(=O)c1ccc([N+](=O)[O-])cc1. The van der Waals surface area contributed by atoms with E-state index in [0.29, 0.717) is 13.0 Å². The second-order valence-electron chi connectivity index (χ2n) is 7.44. The zero-order valence-corrected chi connectivity index (χ0v) is 15.4. The minimum absolute atomic E-state index is 0.0932. The van der Waals surface area contributed by atoms with Crippen LogP contribution in [0.4, 0.5) is 10.5 Å². The minimum Gasteiger partial charge on any atom is -0.457 e. The molecule has 0 saturated carbocycles. The molecule has 0 unspecified atom stereocenters. The van der Waals surface area contributed by atoms with E-state index in [2.05, 4.69) is 0 Å². The predicted octanol–water partition coefficient (Wildman–Crippen LogP) is 3.40. The first-order valence-electron chi connectivity index (χ1n) is 8.50. The lowest BCUT2D eigenvalue weighted by atomic mass is 9.96. The second kappa shape index (κ2) is 7.72. The van der Waals surface area contributed by atoms with E-state index in [4.69, 9.17) is 9.47 Å². The number of amides is 1. The maximum Gasteiger partial charge on any atom is 0.410 e. The van der Waals surface area contributed by atoms with Gasteiger partial charge in [0.2, 0.25) is 0 Å². The summed E-state index contributed by atoms with van der Waals surface area (Å²) in [5.74, 6) is -0.474.